The number of rotatable bonds is 4. The molecule has 0 aliphatic rings. The maximum Gasteiger partial charge on any atom is 0.362 e. The van der Waals surface area contributed by atoms with E-state index in [1.807, 2.05) is 0 Å². The van der Waals surface area contributed by atoms with Crippen molar-refractivity contribution in [3.05, 3.63) is 70.2 Å². The molecule has 1 N–H and O–H groups in total. The minimum Gasteiger partial charge on any atom is -0.507 e. The Morgan fingerprint density at radius 3 is 2.60 bits per heavy atom. The molecule has 0 aliphatic heterocycles. The maximum absolute atomic E-state index is 12.0. The molecule has 0 aliphatic carbocycles. The largest absolute Gasteiger partial charge is 0.507 e. The number of hydrogen-bond acceptors (Lipinski definition) is 6. The third-order valence-electron chi connectivity index (χ3n) is 3.67. The molecule has 7 heteroatoms. The summed E-state index contributed by atoms with van der Waals surface area (Å²) in [5.41, 5.74) is 0.0877. The zero-order valence-electron chi connectivity index (χ0n) is 13.3. The van der Waals surface area contributed by atoms with Gasteiger partial charge in [-0.05, 0) is 18.2 Å². The minimum atomic E-state index is -3.40. The molecule has 0 amide bonds. The summed E-state index contributed by atoms with van der Waals surface area (Å²) in [4.78, 5) is 16.3. The quantitative estimate of drug-likeness (QED) is 0.721. The van der Waals surface area contributed by atoms with Crippen molar-refractivity contribution in [2.75, 3.05) is 5.75 Å². The van der Waals surface area contributed by atoms with Gasteiger partial charge < -0.3 is 9.52 Å². The summed E-state index contributed by atoms with van der Waals surface area (Å²) in [6.07, 6.45) is 1.20. The molecule has 1 heterocycles. The molecule has 0 atom stereocenters. The zero-order chi connectivity index (χ0) is 18.0. The van der Waals surface area contributed by atoms with Crippen LogP contribution in [-0.4, -0.2) is 24.3 Å². The number of hydrogen-bond donors (Lipinski definition) is 1. The van der Waals surface area contributed by atoms with Gasteiger partial charge in [0.05, 0.1) is 10.6 Å². The number of fused-ring (bicyclic) bond motifs is 1. The number of aliphatic hydroxyl groups excluding tert-OH is 1. The van der Waals surface area contributed by atoms with Crippen molar-refractivity contribution in [2.45, 2.75) is 11.8 Å². The van der Waals surface area contributed by atoms with Gasteiger partial charge in [0.25, 0.3) is 0 Å². The lowest BCUT2D eigenvalue weighted by Crippen LogP contribution is -2.08. The highest BCUT2D eigenvalue weighted by Gasteiger charge is 2.14. The van der Waals surface area contributed by atoms with Crippen LogP contribution in [0.3, 0.4) is 0 Å². The van der Waals surface area contributed by atoms with Gasteiger partial charge in [0.1, 0.15) is 11.3 Å². The Balaban J connectivity index is 2.13. The average Bonchev–Trinajstić information content (AvgIpc) is 2.62. The van der Waals surface area contributed by atoms with Crippen molar-refractivity contribution >= 4 is 32.8 Å². The molecule has 0 unspecified atom stereocenters. The molecule has 0 spiro atoms. The van der Waals surface area contributed by atoms with Gasteiger partial charge in [0, 0.05) is 11.6 Å². The van der Waals surface area contributed by atoms with E-state index in [9.17, 15) is 18.3 Å². The fourth-order valence-electron chi connectivity index (χ4n) is 2.27. The molecular formula is C18H15NO5S. The van der Waals surface area contributed by atoms with E-state index in [-0.39, 0.29) is 33.2 Å². The molecule has 0 saturated heterocycles. The molecule has 0 fully saturated rings. The summed E-state index contributed by atoms with van der Waals surface area (Å²) in [5, 5.41) is 10.1. The van der Waals surface area contributed by atoms with Crippen LogP contribution in [0.2, 0.25) is 0 Å². The topological polar surface area (TPSA) is 97.5 Å². The SMILES string of the molecule is CCS(=O)(=O)c1ccc2oc(=O)c(/C=C(\O)c3ccccc3)nc2c1. The highest BCUT2D eigenvalue weighted by Crippen LogP contribution is 2.19. The summed E-state index contributed by atoms with van der Waals surface area (Å²) >= 11 is 0. The molecule has 128 valence electrons. The van der Waals surface area contributed by atoms with Crippen LogP contribution in [0.5, 0.6) is 0 Å². The van der Waals surface area contributed by atoms with Gasteiger partial charge in [-0.15, -0.1) is 0 Å². The van der Waals surface area contributed by atoms with Gasteiger partial charge in [0.15, 0.2) is 21.1 Å². The summed E-state index contributed by atoms with van der Waals surface area (Å²) < 4.78 is 29.1. The highest BCUT2D eigenvalue weighted by molar-refractivity contribution is 7.91. The van der Waals surface area contributed by atoms with E-state index in [1.165, 1.54) is 24.3 Å². The maximum atomic E-state index is 12.0. The standard InChI is InChI=1S/C18H15NO5S/c1-2-25(22,23)13-8-9-17-14(10-13)19-15(18(21)24-17)11-16(20)12-6-4-3-5-7-12/h3-11,20H,2H2,1H3/b16-11-. The van der Waals surface area contributed by atoms with E-state index in [4.69, 9.17) is 4.42 Å². The van der Waals surface area contributed by atoms with Crippen LogP contribution in [-0.2, 0) is 9.84 Å². The van der Waals surface area contributed by atoms with Crippen LogP contribution >= 0.6 is 0 Å². The third kappa shape index (κ3) is 3.46. The summed E-state index contributed by atoms with van der Waals surface area (Å²) in [6, 6.07) is 12.8. The Morgan fingerprint density at radius 1 is 1.20 bits per heavy atom. The van der Waals surface area contributed by atoms with Gasteiger partial charge in [-0.2, -0.15) is 0 Å². The van der Waals surface area contributed by atoms with Gasteiger partial charge in [0.2, 0.25) is 0 Å². The monoisotopic (exact) mass is 357 g/mol. The Kier molecular flexibility index (Phi) is 4.41. The Morgan fingerprint density at radius 2 is 1.92 bits per heavy atom. The Hall–Kier alpha value is -2.93. The normalized spacial score (nSPS) is 12.4. The Labute approximate surface area is 144 Å². The smallest absolute Gasteiger partial charge is 0.362 e. The van der Waals surface area contributed by atoms with Crippen molar-refractivity contribution in [3.63, 3.8) is 0 Å². The predicted molar refractivity (Wildman–Crippen MR) is 94.9 cm³/mol. The Bertz CT molecular complexity index is 1120. The van der Waals surface area contributed by atoms with Crippen LogP contribution in [0.25, 0.3) is 22.9 Å². The van der Waals surface area contributed by atoms with Crippen molar-refractivity contribution in [1.82, 2.24) is 4.98 Å². The lowest BCUT2D eigenvalue weighted by Gasteiger charge is -2.04. The summed E-state index contributed by atoms with van der Waals surface area (Å²) in [6.45, 7) is 1.55. The molecule has 0 radical (unpaired) electrons. The molecule has 25 heavy (non-hydrogen) atoms. The summed E-state index contributed by atoms with van der Waals surface area (Å²) in [7, 11) is -3.40. The van der Waals surface area contributed by atoms with Crippen LogP contribution in [0.15, 0.2) is 62.6 Å². The van der Waals surface area contributed by atoms with E-state index in [2.05, 4.69) is 4.98 Å². The van der Waals surface area contributed by atoms with E-state index in [0.717, 1.165) is 0 Å². The van der Waals surface area contributed by atoms with Crippen LogP contribution < -0.4 is 5.63 Å². The molecule has 2 aromatic carbocycles. The van der Waals surface area contributed by atoms with E-state index >= 15 is 0 Å². The molecule has 3 aromatic rings. The highest BCUT2D eigenvalue weighted by atomic mass is 32.2. The first-order valence-electron chi connectivity index (χ1n) is 7.54. The molecule has 3 rings (SSSR count). The van der Waals surface area contributed by atoms with Gasteiger partial charge in [-0.1, -0.05) is 37.3 Å². The number of aliphatic hydroxyl groups is 1. The van der Waals surface area contributed by atoms with Crippen LogP contribution in [0.4, 0.5) is 0 Å². The molecular weight excluding hydrogens is 342 g/mol. The van der Waals surface area contributed by atoms with Crippen molar-refractivity contribution in [2.24, 2.45) is 0 Å². The third-order valence-corrected chi connectivity index (χ3v) is 5.40. The number of nitrogens with zero attached hydrogens (tertiary/aromatic N) is 1. The first-order valence-corrected chi connectivity index (χ1v) is 9.19. The predicted octanol–water partition coefficient (Wildman–Crippen LogP) is 3.04. The number of aromatic nitrogens is 1. The number of benzene rings is 2. The fourth-order valence-corrected chi connectivity index (χ4v) is 3.17. The van der Waals surface area contributed by atoms with E-state index in [0.29, 0.717) is 5.56 Å². The van der Waals surface area contributed by atoms with Crippen molar-refractivity contribution in [3.8, 4) is 0 Å². The molecule has 0 saturated carbocycles. The van der Waals surface area contributed by atoms with Gasteiger partial charge >= 0.3 is 5.63 Å². The van der Waals surface area contributed by atoms with Crippen LogP contribution in [0, 0.1) is 0 Å². The number of sulfone groups is 1. The van der Waals surface area contributed by atoms with Crippen LogP contribution in [0.1, 0.15) is 18.2 Å². The van der Waals surface area contributed by atoms with Crippen molar-refractivity contribution < 1.29 is 17.9 Å². The zero-order valence-corrected chi connectivity index (χ0v) is 14.2. The second-order valence-corrected chi connectivity index (χ2v) is 7.59. The fraction of sp³-hybridized carbons (Fsp3) is 0.111. The lowest BCUT2D eigenvalue weighted by molar-refractivity contribution is 0.514. The average molecular weight is 357 g/mol. The second-order valence-electron chi connectivity index (χ2n) is 5.32. The van der Waals surface area contributed by atoms with E-state index < -0.39 is 15.5 Å². The van der Waals surface area contributed by atoms with Crippen molar-refractivity contribution in [1.29, 1.82) is 0 Å². The first kappa shape index (κ1) is 16.9. The molecule has 6 nitrogen and oxygen atoms in total. The molecule has 1 aromatic heterocycles. The van der Waals surface area contributed by atoms with Gasteiger partial charge in [-0.25, -0.2) is 18.2 Å². The first-order chi connectivity index (χ1) is 11.9. The summed E-state index contributed by atoms with van der Waals surface area (Å²) in [5.74, 6) is -0.186. The van der Waals surface area contributed by atoms with E-state index in [1.54, 1.807) is 37.3 Å². The molecule has 0 bridgehead atoms. The van der Waals surface area contributed by atoms with Gasteiger partial charge in [-0.3, -0.25) is 0 Å². The second kappa shape index (κ2) is 6.52. The lowest BCUT2D eigenvalue weighted by atomic mass is 10.1. The minimum absolute atomic E-state index is 0.0448.